The molecule has 4 N–H and O–H groups in total. The molecule has 1 atom stereocenters. The highest BCUT2D eigenvalue weighted by molar-refractivity contribution is 6.39. The van der Waals surface area contributed by atoms with Crippen LogP contribution in [-0.2, 0) is 9.59 Å². The number of anilines is 1. The molecule has 0 saturated carbocycles. The van der Waals surface area contributed by atoms with Crippen LogP contribution in [-0.4, -0.2) is 25.2 Å². The van der Waals surface area contributed by atoms with Crippen molar-refractivity contribution in [2.75, 3.05) is 18.7 Å². The van der Waals surface area contributed by atoms with Crippen molar-refractivity contribution in [3.63, 3.8) is 0 Å². The minimum atomic E-state index is -0.941. The van der Waals surface area contributed by atoms with Gasteiger partial charge in [0.15, 0.2) is 11.5 Å². The molecule has 2 aromatic carbocycles. The molecule has 1 aliphatic heterocycles. The van der Waals surface area contributed by atoms with Gasteiger partial charge in [-0.2, -0.15) is 0 Å². The number of hydrogen-bond donors (Lipinski definition) is 3. The Morgan fingerprint density at radius 2 is 2.04 bits per heavy atom. The summed E-state index contributed by atoms with van der Waals surface area (Å²) in [6, 6.07) is 8.42. The monoisotopic (exact) mass is 393 g/mol. The molecule has 0 aliphatic carbocycles. The molecule has 2 amide bonds. The molecule has 0 saturated heterocycles. The van der Waals surface area contributed by atoms with Crippen molar-refractivity contribution >= 4 is 29.1 Å². The van der Waals surface area contributed by atoms with Crippen LogP contribution in [0.4, 0.5) is 10.1 Å². The molecule has 7 nitrogen and oxygen atoms in total. The maximum atomic E-state index is 13.5. The van der Waals surface area contributed by atoms with E-state index in [9.17, 15) is 14.0 Å². The Bertz CT molecular complexity index is 878. The minimum Gasteiger partial charge on any atom is -0.454 e. The van der Waals surface area contributed by atoms with Gasteiger partial charge < -0.3 is 25.8 Å². The van der Waals surface area contributed by atoms with Crippen molar-refractivity contribution in [2.24, 2.45) is 5.73 Å². The Kier molecular flexibility index (Phi) is 5.78. The van der Waals surface area contributed by atoms with Gasteiger partial charge in [-0.25, -0.2) is 4.39 Å². The predicted molar refractivity (Wildman–Crippen MR) is 97.2 cm³/mol. The third-order valence-corrected chi connectivity index (χ3v) is 4.25. The van der Waals surface area contributed by atoms with Gasteiger partial charge in [-0.05, 0) is 37.2 Å². The highest BCUT2D eigenvalue weighted by Crippen LogP contribution is 2.39. The SMILES string of the molecule is NCCC(NC(=O)C(=O)Nc1ccc(Cl)c(F)c1)c1cccc2c1OCO2. The molecule has 0 fully saturated rings. The summed E-state index contributed by atoms with van der Waals surface area (Å²) in [6.07, 6.45) is 0.383. The lowest BCUT2D eigenvalue weighted by molar-refractivity contribution is -0.136. The molecular weight excluding hydrogens is 377 g/mol. The van der Waals surface area contributed by atoms with Crippen LogP contribution >= 0.6 is 11.6 Å². The maximum absolute atomic E-state index is 13.5. The number of ether oxygens (including phenoxy) is 2. The highest BCUT2D eigenvalue weighted by Gasteiger charge is 2.26. The van der Waals surface area contributed by atoms with Crippen LogP contribution in [0.3, 0.4) is 0 Å². The summed E-state index contributed by atoms with van der Waals surface area (Å²) < 4.78 is 24.2. The summed E-state index contributed by atoms with van der Waals surface area (Å²) in [6.45, 7) is 0.359. The Labute approximate surface area is 159 Å². The van der Waals surface area contributed by atoms with Crippen LogP contribution in [0.2, 0.25) is 5.02 Å². The van der Waals surface area contributed by atoms with Crippen LogP contribution in [0.15, 0.2) is 36.4 Å². The second-order valence-electron chi connectivity index (χ2n) is 5.77. The Hall–Kier alpha value is -2.84. The third-order valence-electron chi connectivity index (χ3n) is 3.95. The molecule has 1 unspecified atom stereocenters. The van der Waals surface area contributed by atoms with Crippen molar-refractivity contribution in [1.29, 1.82) is 0 Å². The number of para-hydroxylation sites is 1. The minimum absolute atomic E-state index is 0.0816. The quantitative estimate of drug-likeness (QED) is 0.677. The first kappa shape index (κ1) is 18.9. The summed E-state index contributed by atoms with van der Waals surface area (Å²) in [5.41, 5.74) is 6.42. The zero-order valence-electron chi connectivity index (χ0n) is 14.1. The van der Waals surface area contributed by atoms with Crippen molar-refractivity contribution in [3.8, 4) is 11.5 Å². The average molecular weight is 394 g/mol. The van der Waals surface area contributed by atoms with Crippen LogP contribution in [0.5, 0.6) is 11.5 Å². The zero-order valence-corrected chi connectivity index (χ0v) is 14.9. The molecular formula is C18H17ClFN3O4. The fraction of sp³-hybridized carbons (Fsp3) is 0.222. The second-order valence-corrected chi connectivity index (χ2v) is 6.17. The normalized spacial score (nSPS) is 13.1. The lowest BCUT2D eigenvalue weighted by Gasteiger charge is -2.19. The lowest BCUT2D eigenvalue weighted by atomic mass is 10.0. The summed E-state index contributed by atoms with van der Waals surface area (Å²) in [4.78, 5) is 24.4. The standard InChI is InChI=1S/C18H17ClFN3O4/c19-12-5-4-10(8-13(12)20)22-17(24)18(25)23-14(6-7-21)11-2-1-3-15-16(11)27-9-26-15/h1-5,8,14H,6-7,9,21H2,(H,22,24)(H,23,25). The first-order chi connectivity index (χ1) is 13.0. The number of carbonyl (C=O) groups is 2. The average Bonchev–Trinajstić information content (AvgIpc) is 3.13. The van der Waals surface area contributed by atoms with Gasteiger partial charge in [-0.3, -0.25) is 9.59 Å². The van der Waals surface area contributed by atoms with Crippen molar-refractivity contribution in [1.82, 2.24) is 5.32 Å². The van der Waals surface area contributed by atoms with E-state index in [2.05, 4.69) is 10.6 Å². The summed E-state index contributed by atoms with van der Waals surface area (Å²) >= 11 is 5.60. The van der Waals surface area contributed by atoms with Gasteiger partial charge in [0.05, 0.1) is 11.1 Å². The molecule has 0 aromatic heterocycles. The number of amides is 2. The predicted octanol–water partition coefficient (Wildman–Crippen LogP) is 2.35. The molecule has 3 rings (SSSR count). The molecule has 9 heteroatoms. The van der Waals surface area contributed by atoms with E-state index in [0.29, 0.717) is 23.5 Å². The fourth-order valence-electron chi connectivity index (χ4n) is 2.68. The molecule has 0 radical (unpaired) electrons. The summed E-state index contributed by atoms with van der Waals surface area (Å²) in [5, 5.41) is 4.87. The molecule has 142 valence electrons. The molecule has 27 heavy (non-hydrogen) atoms. The zero-order chi connectivity index (χ0) is 19.4. The van der Waals surface area contributed by atoms with Gasteiger partial charge in [0.2, 0.25) is 6.79 Å². The molecule has 1 aliphatic rings. The second kappa shape index (κ2) is 8.24. The summed E-state index contributed by atoms with van der Waals surface area (Å²) in [7, 11) is 0. The Morgan fingerprint density at radius 3 is 2.78 bits per heavy atom. The van der Waals surface area contributed by atoms with Gasteiger partial charge in [0, 0.05) is 11.3 Å². The molecule has 1 heterocycles. The van der Waals surface area contributed by atoms with E-state index >= 15 is 0 Å². The van der Waals surface area contributed by atoms with Crippen molar-refractivity contribution < 1.29 is 23.5 Å². The van der Waals surface area contributed by atoms with E-state index < -0.39 is 23.7 Å². The molecule has 0 bridgehead atoms. The smallest absolute Gasteiger partial charge is 0.313 e. The van der Waals surface area contributed by atoms with E-state index in [1.165, 1.54) is 12.1 Å². The number of fused-ring (bicyclic) bond motifs is 1. The first-order valence-electron chi connectivity index (χ1n) is 8.15. The van der Waals surface area contributed by atoms with E-state index in [0.717, 1.165) is 6.07 Å². The van der Waals surface area contributed by atoms with Gasteiger partial charge in [0.1, 0.15) is 5.82 Å². The number of carbonyl (C=O) groups excluding carboxylic acids is 2. The van der Waals surface area contributed by atoms with Gasteiger partial charge in [0.25, 0.3) is 0 Å². The number of hydrogen-bond acceptors (Lipinski definition) is 5. The summed E-state index contributed by atoms with van der Waals surface area (Å²) in [5.74, 6) is -1.46. The van der Waals surface area contributed by atoms with Gasteiger partial charge in [-0.1, -0.05) is 23.7 Å². The van der Waals surface area contributed by atoms with Gasteiger partial charge in [-0.15, -0.1) is 0 Å². The molecule has 2 aromatic rings. The number of nitrogens with one attached hydrogen (secondary N) is 2. The van der Waals surface area contributed by atoms with E-state index in [-0.39, 0.29) is 24.0 Å². The number of rotatable bonds is 5. The van der Waals surface area contributed by atoms with E-state index in [4.69, 9.17) is 26.8 Å². The largest absolute Gasteiger partial charge is 0.454 e. The Balaban J connectivity index is 1.72. The van der Waals surface area contributed by atoms with Crippen molar-refractivity contribution in [3.05, 3.63) is 52.8 Å². The molecule has 0 spiro atoms. The van der Waals surface area contributed by atoms with Crippen LogP contribution in [0, 0.1) is 5.82 Å². The third kappa shape index (κ3) is 4.29. The maximum Gasteiger partial charge on any atom is 0.313 e. The van der Waals surface area contributed by atoms with Crippen molar-refractivity contribution in [2.45, 2.75) is 12.5 Å². The van der Waals surface area contributed by atoms with Crippen LogP contribution in [0.25, 0.3) is 0 Å². The number of benzene rings is 2. The lowest BCUT2D eigenvalue weighted by Crippen LogP contribution is -2.38. The number of nitrogens with two attached hydrogens (primary N) is 1. The Morgan fingerprint density at radius 1 is 1.22 bits per heavy atom. The van der Waals surface area contributed by atoms with E-state index in [1.807, 2.05) is 0 Å². The number of halogens is 2. The van der Waals surface area contributed by atoms with E-state index in [1.54, 1.807) is 18.2 Å². The topological polar surface area (TPSA) is 103 Å². The van der Waals surface area contributed by atoms with Crippen LogP contribution < -0.4 is 25.8 Å². The first-order valence-corrected chi connectivity index (χ1v) is 8.53. The van der Waals surface area contributed by atoms with Crippen LogP contribution in [0.1, 0.15) is 18.0 Å². The van der Waals surface area contributed by atoms with Gasteiger partial charge >= 0.3 is 11.8 Å². The fourth-order valence-corrected chi connectivity index (χ4v) is 2.80. The highest BCUT2D eigenvalue weighted by atomic mass is 35.5.